The predicted octanol–water partition coefficient (Wildman–Crippen LogP) is 21.0. The van der Waals surface area contributed by atoms with Crippen LogP contribution in [0.5, 0.6) is 0 Å². The van der Waals surface area contributed by atoms with Crippen LogP contribution in [0.1, 0.15) is 77.0 Å². The van der Waals surface area contributed by atoms with E-state index in [1.165, 1.54) is 0 Å². The Morgan fingerprint density at radius 3 is 0.385 bits per heavy atom. The lowest BCUT2D eigenvalue weighted by molar-refractivity contribution is -0.461. The molecule has 548 valence electrons. The summed E-state index contributed by atoms with van der Waals surface area (Å²) in [7, 11) is 0. The lowest BCUT2D eigenvalue weighted by atomic mass is 9.87. The molecule has 0 unspecified atom stereocenters. The fourth-order valence-electron chi connectivity index (χ4n) is 6.97. The number of alkyl halides is 51. The first-order chi connectivity index (χ1) is 39.0. The molecule has 0 radical (unpaired) electrons. The van der Waals surface area contributed by atoms with E-state index in [4.69, 9.17) is 0 Å². The summed E-state index contributed by atoms with van der Waals surface area (Å²) in [6.45, 7) is -3.68. The van der Waals surface area contributed by atoms with Crippen LogP contribution in [-0.4, -0.2) is 167 Å². The summed E-state index contributed by atoms with van der Waals surface area (Å²) in [4.78, 5) is 0.376. The molecule has 0 aromatic rings. The van der Waals surface area contributed by atoms with Crippen LogP contribution in [0.25, 0.3) is 0 Å². The van der Waals surface area contributed by atoms with Gasteiger partial charge in [0.1, 0.15) is 0 Å². The van der Waals surface area contributed by atoms with Gasteiger partial charge in [0.05, 0.1) is 0 Å². The van der Waals surface area contributed by atoms with Crippen LogP contribution in [0, 0.1) is 0 Å². The summed E-state index contributed by atoms with van der Waals surface area (Å²) in [5, 5.41) is 0. The van der Waals surface area contributed by atoms with Gasteiger partial charge in [-0.2, -0.15) is 224 Å². The molecule has 0 saturated heterocycles. The lowest BCUT2D eigenvalue weighted by Gasteiger charge is -2.42. The van der Waals surface area contributed by atoms with Gasteiger partial charge in [0.25, 0.3) is 0 Å². The zero-order valence-electron chi connectivity index (χ0n) is 42.3. The standard InChI is InChI=1S/C39H30F51N/c40-16(41,19(46,47)22(52,53)25(58,59)28(64,65)31(70,71)34(76,77)37(82,83)84)10-4-1-7-13-91(14-8-2-5-11-17(42,43)20(48,49)23(54,55)26(60,61)29(66,67)32(72,73)35(78,79)38(85,86)87)15-9-3-6-12-18(44,45)21(50,51)24(56,57)27(62,63)30(68,69)33(74,75)36(80,81)39(88,89)90/h1-15H2. The normalized spacial score (nSPS) is 16.6. The summed E-state index contributed by atoms with van der Waals surface area (Å²) in [6.07, 6.45) is -47.9. The molecule has 0 aliphatic heterocycles. The van der Waals surface area contributed by atoms with Crippen molar-refractivity contribution < 1.29 is 224 Å². The number of rotatable bonds is 36. The molecule has 0 saturated carbocycles. The molecule has 0 atom stereocenters. The molecule has 0 spiro atoms. The molecular weight excluding hydrogens is 1450 g/mol. The van der Waals surface area contributed by atoms with Crippen LogP contribution in [0.4, 0.5) is 224 Å². The largest absolute Gasteiger partial charge is 0.460 e. The van der Waals surface area contributed by atoms with E-state index in [2.05, 4.69) is 0 Å². The Kier molecular flexibility index (Phi) is 24.1. The number of halogens is 51. The minimum absolute atomic E-state index is 0.376. The second-order valence-corrected chi connectivity index (χ2v) is 19.2. The molecule has 0 bridgehead atoms. The first-order valence-corrected chi connectivity index (χ1v) is 22.9. The molecule has 0 N–H and O–H groups in total. The highest BCUT2D eigenvalue weighted by Crippen LogP contribution is 2.68. The van der Waals surface area contributed by atoms with Crippen LogP contribution in [-0.2, 0) is 0 Å². The number of hydrogen-bond acceptors (Lipinski definition) is 1. The van der Waals surface area contributed by atoms with Crippen LogP contribution in [0.15, 0.2) is 0 Å². The Morgan fingerprint density at radius 1 is 0.132 bits per heavy atom. The molecule has 52 heteroatoms. The minimum atomic E-state index is -9.08. The van der Waals surface area contributed by atoms with Crippen molar-refractivity contribution in [2.24, 2.45) is 0 Å². The molecule has 91 heavy (non-hydrogen) atoms. The molecule has 0 heterocycles. The van der Waals surface area contributed by atoms with E-state index >= 15 is 0 Å². The smallest absolute Gasteiger partial charge is 0.303 e. The van der Waals surface area contributed by atoms with Crippen molar-refractivity contribution in [2.45, 2.75) is 220 Å². The van der Waals surface area contributed by atoms with E-state index in [1.807, 2.05) is 0 Å². The first kappa shape index (κ1) is 87.4. The van der Waals surface area contributed by atoms with E-state index in [1.54, 1.807) is 0 Å². The Labute approximate surface area is 469 Å². The van der Waals surface area contributed by atoms with Gasteiger partial charge in [-0.3, -0.25) is 0 Å². The first-order valence-electron chi connectivity index (χ1n) is 22.9. The molecule has 0 aromatic carbocycles. The monoisotopic (exact) mass is 1480 g/mol. The van der Waals surface area contributed by atoms with E-state index in [-0.39, 0.29) is 0 Å². The summed E-state index contributed by atoms with van der Waals surface area (Å²) < 4.78 is 693. The van der Waals surface area contributed by atoms with Gasteiger partial charge in [-0.25, -0.2) is 0 Å². The average molecular weight is 1480 g/mol. The fourth-order valence-corrected chi connectivity index (χ4v) is 6.97. The van der Waals surface area contributed by atoms with Crippen molar-refractivity contribution in [1.29, 1.82) is 0 Å². The van der Waals surface area contributed by atoms with Crippen molar-refractivity contribution in [3.05, 3.63) is 0 Å². The Morgan fingerprint density at radius 2 is 0.253 bits per heavy atom. The topological polar surface area (TPSA) is 3.24 Å². The van der Waals surface area contributed by atoms with Gasteiger partial charge in [0.2, 0.25) is 0 Å². The maximum atomic E-state index is 14.4. The van der Waals surface area contributed by atoms with Gasteiger partial charge in [0, 0.05) is 19.3 Å². The molecule has 0 aromatic heterocycles. The summed E-state index contributed by atoms with van der Waals surface area (Å²) in [5.74, 6) is -179. The summed E-state index contributed by atoms with van der Waals surface area (Å²) in [5.41, 5.74) is 0. The van der Waals surface area contributed by atoms with E-state index in [0.29, 0.717) is 4.90 Å². The highest BCUT2D eigenvalue weighted by atomic mass is 19.5. The van der Waals surface area contributed by atoms with E-state index in [0.717, 1.165) is 0 Å². The fraction of sp³-hybridized carbons (Fsp3) is 1.00. The zero-order chi connectivity index (χ0) is 74.2. The second kappa shape index (κ2) is 25.1. The molecule has 1 nitrogen and oxygen atoms in total. The van der Waals surface area contributed by atoms with Gasteiger partial charge in [-0.1, -0.05) is 19.3 Å². The van der Waals surface area contributed by atoms with Crippen LogP contribution >= 0.6 is 0 Å². The molecule has 0 rings (SSSR count). The molecule has 0 aliphatic carbocycles. The highest BCUT2D eigenvalue weighted by Gasteiger charge is 2.98. The van der Waals surface area contributed by atoms with Crippen LogP contribution < -0.4 is 0 Å². The number of unbranched alkanes of at least 4 members (excludes halogenated alkanes) is 6. The molecule has 0 amide bonds. The third kappa shape index (κ3) is 13.6. The van der Waals surface area contributed by atoms with Crippen LogP contribution in [0.2, 0.25) is 0 Å². The van der Waals surface area contributed by atoms with Gasteiger partial charge in [0.15, 0.2) is 0 Å². The van der Waals surface area contributed by atoms with Crippen molar-refractivity contribution >= 4 is 0 Å². The Bertz CT molecular complexity index is 2110. The van der Waals surface area contributed by atoms with E-state index < -0.39 is 240 Å². The maximum absolute atomic E-state index is 14.4. The van der Waals surface area contributed by atoms with Crippen molar-refractivity contribution in [1.82, 2.24) is 4.90 Å². The zero-order valence-corrected chi connectivity index (χ0v) is 42.3. The van der Waals surface area contributed by atoms with E-state index in [9.17, 15) is 224 Å². The van der Waals surface area contributed by atoms with Gasteiger partial charge in [-0.15, -0.1) is 0 Å². The van der Waals surface area contributed by atoms with Gasteiger partial charge in [-0.05, 0) is 58.2 Å². The molecular formula is C39H30F51N. The molecule has 0 fully saturated rings. The van der Waals surface area contributed by atoms with Gasteiger partial charge < -0.3 is 4.90 Å². The Balaban J connectivity index is 6.89. The highest BCUT2D eigenvalue weighted by molar-refractivity contribution is 5.18. The Hall–Kier alpha value is -3.61. The summed E-state index contributed by atoms with van der Waals surface area (Å²) in [6, 6.07) is 0. The third-order valence-corrected chi connectivity index (χ3v) is 12.8. The quantitative estimate of drug-likeness (QED) is 0.0446. The SMILES string of the molecule is FC(F)(F)C(F)(F)C(F)(F)C(F)(F)C(F)(F)C(F)(F)C(F)(F)C(F)(F)CCCCCN(CCCCCC(F)(F)C(F)(F)C(F)(F)C(F)(F)C(F)(F)C(F)(F)C(F)(F)C(F)(F)F)CCCCCC(F)(F)C(F)(F)C(F)(F)C(F)(F)C(F)(F)C(F)(F)C(F)(F)C(F)(F)F. The number of nitrogens with zero attached hydrogens (tertiary/aromatic N) is 1. The van der Waals surface area contributed by atoms with Crippen molar-refractivity contribution in [3.63, 3.8) is 0 Å². The minimum Gasteiger partial charge on any atom is -0.303 e. The van der Waals surface area contributed by atoms with Crippen molar-refractivity contribution in [3.8, 4) is 0 Å². The number of hydrogen-bond donors (Lipinski definition) is 0. The van der Waals surface area contributed by atoms with Gasteiger partial charge >= 0.3 is 143 Å². The third-order valence-electron chi connectivity index (χ3n) is 12.8. The average Bonchev–Trinajstić information content (AvgIpc) is 0.712. The lowest BCUT2D eigenvalue weighted by Crippen LogP contribution is -2.74. The second-order valence-electron chi connectivity index (χ2n) is 19.2. The maximum Gasteiger partial charge on any atom is 0.460 e. The van der Waals surface area contributed by atoms with Crippen LogP contribution in [0.3, 0.4) is 0 Å². The molecule has 0 aliphatic rings. The summed E-state index contributed by atoms with van der Waals surface area (Å²) >= 11 is 0. The van der Waals surface area contributed by atoms with Crippen molar-refractivity contribution in [2.75, 3.05) is 19.6 Å². The predicted molar refractivity (Wildman–Crippen MR) is 194 cm³/mol.